The molecule has 1 aliphatic heterocycles. The van der Waals surface area contributed by atoms with Crippen LogP contribution in [-0.2, 0) is 9.53 Å². The molecule has 4 nitrogen and oxygen atoms in total. The summed E-state index contributed by atoms with van der Waals surface area (Å²) in [5.41, 5.74) is 1.71. The van der Waals surface area contributed by atoms with Crippen molar-refractivity contribution in [2.24, 2.45) is 4.99 Å². The lowest BCUT2D eigenvalue weighted by molar-refractivity contribution is -0.129. The number of cyclic esters (lactones) is 1. The molecule has 0 saturated carbocycles. The van der Waals surface area contributed by atoms with Gasteiger partial charge in [0.1, 0.15) is 5.75 Å². The highest BCUT2D eigenvalue weighted by molar-refractivity contribution is 9.10. The predicted molar refractivity (Wildman–Crippen MR) is 95.4 cm³/mol. The molecule has 0 bridgehead atoms. The molecule has 0 radical (unpaired) electrons. The number of aliphatic imine (C=N–C) groups is 1. The number of esters is 1. The SMILES string of the molecule is COc1ccc(Br)cc1C=C1N=C(c2cccc(Br)c2)OC1=O. The molecule has 116 valence electrons. The second-order valence-corrected chi connectivity index (χ2v) is 6.56. The van der Waals surface area contributed by atoms with E-state index in [-0.39, 0.29) is 11.6 Å². The number of halogens is 2. The fourth-order valence-electron chi connectivity index (χ4n) is 2.12. The molecule has 0 unspecified atom stereocenters. The van der Waals surface area contributed by atoms with Gasteiger partial charge >= 0.3 is 5.97 Å². The summed E-state index contributed by atoms with van der Waals surface area (Å²) in [5, 5.41) is 0. The standard InChI is InChI=1S/C17H11Br2NO3/c1-22-15-6-5-13(19)8-11(15)9-14-17(21)23-16(20-14)10-3-2-4-12(18)7-10/h2-9H,1H3. The van der Waals surface area contributed by atoms with Crippen molar-refractivity contribution >= 4 is 49.8 Å². The molecule has 6 heteroatoms. The average Bonchev–Trinajstić information content (AvgIpc) is 2.89. The molecule has 2 aromatic carbocycles. The zero-order valence-electron chi connectivity index (χ0n) is 12.0. The van der Waals surface area contributed by atoms with Gasteiger partial charge in [-0.05, 0) is 42.5 Å². The van der Waals surface area contributed by atoms with Gasteiger partial charge in [0.05, 0.1) is 7.11 Å². The molecular formula is C17H11Br2NO3. The highest BCUT2D eigenvalue weighted by Gasteiger charge is 2.24. The van der Waals surface area contributed by atoms with Crippen molar-refractivity contribution in [1.82, 2.24) is 0 Å². The highest BCUT2D eigenvalue weighted by Crippen LogP contribution is 2.27. The monoisotopic (exact) mass is 435 g/mol. The summed E-state index contributed by atoms with van der Waals surface area (Å²) >= 11 is 6.79. The number of benzene rings is 2. The first-order chi connectivity index (χ1) is 11.1. The van der Waals surface area contributed by atoms with Crippen LogP contribution in [0, 0.1) is 0 Å². The fourth-order valence-corrected chi connectivity index (χ4v) is 2.90. The van der Waals surface area contributed by atoms with E-state index in [9.17, 15) is 4.79 Å². The van der Waals surface area contributed by atoms with Crippen LogP contribution < -0.4 is 4.74 Å². The van der Waals surface area contributed by atoms with Gasteiger partial charge in [-0.2, -0.15) is 0 Å². The second kappa shape index (κ2) is 6.68. The first-order valence-electron chi connectivity index (χ1n) is 6.69. The van der Waals surface area contributed by atoms with Crippen molar-refractivity contribution in [3.8, 4) is 5.75 Å². The summed E-state index contributed by atoms with van der Waals surface area (Å²) in [6, 6.07) is 13.0. The average molecular weight is 437 g/mol. The molecule has 0 spiro atoms. The third-order valence-electron chi connectivity index (χ3n) is 3.18. The molecule has 3 rings (SSSR count). The number of carbonyl (C=O) groups excluding carboxylic acids is 1. The van der Waals surface area contributed by atoms with Gasteiger partial charge in [0.2, 0.25) is 5.90 Å². The quantitative estimate of drug-likeness (QED) is 0.523. The normalized spacial score (nSPS) is 15.5. The molecule has 1 heterocycles. The van der Waals surface area contributed by atoms with Crippen molar-refractivity contribution in [2.75, 3.05) is 7.11 Å². The predicted octanol–water partition coefficient (Wildman–Crippen LogP) is 4.56. The molecule has 0 aliphatic carbocycles. The molecule has 0 atom stereocenters. The number of nitrogens with zero attached hydrogens (tertiary/aromatic N) is 1. The Balaban J connectivity index is 2.00. The van der Waals surface area contributed by atoms with Crippen LogP contribution in [0.4, 0.5) is 0 Å². The Morgan fingerprint density at radius 1 is 1.13 bits per heavy atom. The van der Waals surface area contributed by atoms with Crippen molar-refractivity contribution < 1.29 is 14.3 Å². The fraction of sp³-hybridized carbons (Fsp3) is 0.0588. The van der Waals surface area contributed by atoms with Crippen LogP contribution in [0.3, 0.4) is 0 Å². The molecule has 23 heavy (non-hydrogen) atoms. The Hall–Kier alpha value is -1.92. The van der Waals surface area contributed by atoms with Gasteiger partial charge < -0.3 is 9.47 Å². The lowest BCUT2D eigenvalue weighted by atomic mass is 10.1. The first-order valence-corrected chi connectivity index (χ1v) is 8.27. The van der Waals surface area contributed by atoms with Gasteiger partial charge in [-0.25, -0.2) is 9.79 Å². The van der Waals surface area contributed by atoms with E-state index in [0.29, 0.717) is 5.75 Å². The summed E-state index contributed by atoms with van der Waals surface area (Å²) in [5.74, 6) is 0.457. The van der Waals surface area contributed by atoms with Gasteiger partial charge in [-0.3, -0.25) is 0 Å². The van der Waals surface area contributed by atoms with Gasteiger partial charge in [0.25, 0.3) is 0 Å². The molecule has 0 N–H and O–H groups in total. The molecule has 1 aliphatic rings. The van der Waals surface area contributed by atoms with E-state index in [1.165, 1.54) is 0 Å². The number of ether oxygens (including phenoxy) is 2. The Morgan fingerprint density at radius 3 is 2.65 bits per heavy atom. The number of rotatable bonds is 3. The van der Waals surface area contributed by atoms with E-state index in [4.69, 9.17) is 9.47 Å². The largest absolute Gasteiger partial charge is 0.496 e. The minimum absolute atomic E-state index is 0.233. The molecule has 2 aromatic rings. The number of hydrogen-bond acceptors (Lipinski definition) is 4. The van der Waals surface area contributed by atoms with Gasteiger partial charge in [0, 0.05) is 20.1 Å². The highest BCUT2D eigenvalue weighted by atomic mass is 79.9. The third kappa shape index (κ3) is 3.54. The zero-order valence-corrected chi connectivity index (χ0v) is 15.2. The molecular weight excluding hydrogens is 426 g/mol. The Bertz CT molecular complexity index is 843. The second-order valence-electron chi connectivity index (χ2n) is 4.73. The maximum absolute atomic E-state index is 12.1. The maximum atomic E-state index is 12.1. The molecule has 0 fully saturated rings. The topological polar surface area (TPSA) is 47.9 Å². The molecule has 0 aromatic heterocycles. The lowest BCUT2D eigenvalue weighted by Gasteiger charge is -2.04. The Labute approximate surface area is 150 Å². The van der Waals surface area contributed by atoms with Crippen LogP contribution in [-0.4, -0.2) is 19.0 Å². The van der Waals surface area contributed by atoms with Crippen LogP contribution in [0.1, 0.15) is 11.1 Å². The van der Waals surface area contributed by atoms with E-state index >= 15 is 0 Å². The summed E-state index contributed by atoms with van der Waals surface area (Å²) in [6.45, 7) is 0. The van der Waals surface area contributed by atoms with E-state index in [1.807, 2.05) is 42.5 Å². The number of hydrogen-bond donors (Lipinski definition) is 0. The summed E-state index contributed by atoms with van der Waals surface area (Å²) in [7, 11) is 1.58. The summed E-state index contributed by atoms with van der Waals surface area (Å²) < 4.78 is 12.3. The van der Waals surface area contributed by atoms with Crippen molar-refractivity contribution in [2.45, 2.75) is 0 Å². The van der Waals surface area contributed by atoms with Gasteiger partial charge in [-0.1, -0.05) is 37.9 Å². The summed E-state index contributed by atoms with van der Waals surface area (Å²) in [4.78, 5) is 16.4. The smallest absolute Gasteiger partial charge is 0.363 e. The minimum Gasteiger partial charge on any atom is -0.496 e. The van der Waals surface area contributed by atoms with E-state index < -0.39 is 5.97 Å². The van der Waals surface area contributed by atoms with Crippen LogP contribution in [0.5, 0.6) is 5.75 Å². The number of methoxy groups -OCH3 is 1. The van der Waals surface area contributed by atoms with Crippen molar-refractivity contribution in [3.63, 3.8) is 0 Å². The maximum Gasteiger partial charge on any atom is 0.363 e. The van der Waals surface area contributed by atoms with Crippen molar-refractivity contribution in [1.29, 1.82) is 0 Å². The minimum atomic E-state index is -0.484. The van der Waals surface area contributed by atoms with E-state index in [0.717, 1.165) is 20.1 Å². The summed E-state index contributed by atoms with van der Waals surface area (Å²) in [6.07, 6.45) is 1.65. The van der Waals surface area contributed by atoms with E-state index in [2.05, 4.69) is 36.9 Å². The molecule has 0 amide bonds. The van der Waals surface area contributed by atoms with Crippen LogP contribution in [0.15, 0.2) is 62.1 Å². The third-order valence-corrected chi connectivity index (χ3v) is 4.16. The van der Waals surface area contributed by atoms with Gasteiger partial charge in [0.15, 0.2) is 5.70 Å². The van der Waals surface area contributed by atoms with Crippen LogP contribution >= 0.6 is 31.9 Å². The van der Waals surface area contributed by atoms with E-state index in [1.54, 1.807) is 13.2 Å². The van der Waals surface area contributed by atoms with Crippen LogP contribution in [0.25, 0.3) is 6.08 Å². The van der Waals surface area contributed by atoms with Crippen molar-refractivity contribution in [3.05, 3.63) is 68.2 Å². The lowest BCUT2D eigenvalue weighted by Crippen LogP contribution is -2.05. The van der Waals surface area contributed by atoms with Crippen LogP contribution in [0.2, 0.25) is 0 Å². The Morgan fingerprint density at radius 2 is 1.91 bits per heavy atom. The number of carbonyl (C=O) groups is 1. The van der Waals surface area contributed by atoms with Gasteiger partial charge in [-0.15, -0.1) is 0 Å². The zero-order chi connectivity index (χ0) is 16.4. The first kappa shape index (κ1) is 16.0. The molecule has 0 saturated heterocycles. The Kier molecular flexibility index (Phi) is 4.63.